The van der Waals surface area contributed by atoms with Crippen LogP contribution in [0.25, 0.3) is 10.9 Å². The molecule has 24 heavy (non-hydrogen) atoms. The predicted molar refractivity (Wildman–Crippen MR) is 96.9 cm³/mol. The van der Waals surface area contributed by atoms with Gasteiger partial charge in [0.15, 0.2) is 0 Å². The number of aromatic amines is 1. The summed E-state index contributed by atoms with van der Waals surface area (Å²) in [5.41, 5.74) is 6.32. The maximum atomic E-state index is 12.1. The molecule has 2 aromatic carbocycles. The smallest absolute Gasteiger partial charge is 0.224 e. The topological polar surface area (TPSA) is 44.9 Å². The van der Waals surface area contributed by atoms with Crippen molar-refractivity contribution in [3.8, 4) is 0 Å². The van der Waals surface area contributed by atoms with Crippen LogP contribution in [-0.4, -0.2) is 10.9 Å². The summed E-state index contributed by atoms with van der Waals surface area (Å²) in [6.45, 7) is 0.585. The monoisotopic (exact) mass is 318 g/mol. The number of rotatable bonds is 4. The van der Waals surface area contributed by atoms with Gasteiger partial charge in [0, 0.05) is 23.1 Å². The summed E-state index contributed by atoms with van der Waals surface area (Å²) >= 11 is 0. The molecule has 3 aromatic rings. The summed E-state index contributed by atoms with van der Waals surface area (Å²) in [5.74, 6) is 0.0670. The second kappa shape index (κ2) is 6.52. The van der Waals surface area contributed by atoms with Crippen molar-refractivity contribution in [2.45, 2.75) is 38.6 Å². The molecule has 1 aromatic heterocycles. The molecule has 0 atom stereocenters. The van der Waals surface area contributed by atoms with Gasteiger partial charge in [-0.25, -0.2) is 0 Å². The first-order chi connectivity index (χ1) is 11.8. The molecule has 0 spiro atoms. The lowest BCUT2D eigenvalue weighted by Crippen LogP contribution is -2.24. The lowest BCUT2D eigenvalue weighted by Gasteiger charge is -2.11. The number of hydrogen-bond acceptors (Lipinski definition) is 1. The van der Waals surface area contributed by atoms with Crippen LogP contribution in [0, 0.1) is 0 Å². The Hall–Kier alpha value is -2.55. The van der Waals surface area contributed by atoms with E-state index in [1.807, 2.05) is 30.3 Å². The first kappa shape index (κ1) is 15.0. The van der Waals surface area contributed by atoms with Crippen molar-refractivity contribution in [1.29, 1.82) is 0 Å². The van der Waals surface area contributed by atoms with Gasteiger partial charge < -0.3 is 10.3 Å². The van der Waals surface area contributed by atoms with Crippen molar-refractivity contribution < 1.29 is 4.79 Å². The minimum absolute atomic E-state index is 0.0670. The lowest BCUT2D eigenvalue weighted by atomic mass is 9.95. The Morgan fingerprint density at radius 3 is 2.71 bits per heavy atom. The van der Waals surface area contributed by atoms with Crippen molar-refractivity contribution in [2.75, 3.05) is 0 Å². The van der Waals surface area contributed by atoms with Crippen molar-refractivity contribution >= 4 is 16.8 Å². The van der Waals surface area contributed by atoms with Gasteiger partial charge in [-0.2, -0.15) is 0 Å². The Balaban J connectivity index is 1.45. The molecule has 1 aliphatic carbocycles. The highest BCUT2D eigenvalue weighted by atomic mass is 16.1. The zero-order valence-electron chi connectivity index (χ0n) is 13.8. The molecule has 2 N–H and O–H groups in total. The standard InChI is InChI=1S/C21H22N2O/c24-21(13-15-6-2-1-3-7-15)22-14-16-10-11-20-18(12-16)17-8-4-5-9-19(17)23-20/h1-3,6-7,10-12,23H,4-5,8-9,13-14H2,(H,22,24). The molecular weight excluding hydrogens is 296 g/mol. The van der Waals surface area contributed by atoms with E-state index >= 15 is 0 Å². The van der Waals surface area contributed by atoms with E-state index in [0.29, 0.717) is 13.0 Å². The molecule has 0 fully saturated rings. The molecule has 1 heterocycles. The van der Waals surface area contributed by atoms with Gasteiger partial charge in [-0.3, -0.25) is 4.79 Å². The molecule has 0 aliphatic heterocycles. The number of carbonyl (C=O) groups excluding carboxylic acids is 1. The highest BCUT2D eigenvalue weighted by molar-refractivity contribution is 5.86. The number of aromatic nitrogens is 1. The number of hydrogen-bond donors (Lipinski definition) is 2. The predicted octanol–water partition coefficient (Wildman–Crippen LogP) is 3.91. The van der Waals surface area contributed by atoms with E-state index in [0.717, 1.165) is 17.5 Å². The average Bonchev–Trinajstić information content (AvgIpc) is 2.99. The zero-order valence-corrected chi connectivity index (χ0v) is 13.8. The third-order valence-electron chi connectivity index (χ3n) is 4.86. The fourth-order valence-electron chi connectivity index (χ4n) is 3.61. The minimum atomic E-state index is 0.0670. The van der Waals surface area contributed by atoms with E-state index in [9.17, 15) is 4.79 Å². The van der Waals surface area contributed by atoms with Crippen LogP contribution in [0.15, 0.2) is 48.5 Å². The summed E-state index contributed by atoms with van der Waals surface area (Å²) in [5, 5.41) is 4.37. The summed E-state index contributed by atoms with van der Waals surface area (Å²) in [6.07, 6.45) is 5.31. The Bertz CT molecular complexity index is 864. The number of fused-ring (bicyclic) bond motifs is 3. The number of amides is 1. The van der Waals surface area contributed by atoms with E-state index in [2.05, 4.69) is 28.5 Å². The third-order valence-corrected chi connectivity index (χ3v) is 4.86. The van der Waals surface area contributed by atoms with Crippen LogP contribution < -0.4 is 5.32 Å². The molecule has 3 nitrogen and oxygen atoms in total. The molecule has 1 amide bonds. The molecule has 4 rings (SSSR count). The molecule has 1 aliphatic rings. The van der Waals surface area contributed by atoms with Crippen LogP contribution in [0.5, 0.6) is 0 Å². The van der Waals surface area contributed by atoms with Gasteiger partial charge in [-0.05, 0) is 54.5 Å². The molecular formula is C21H22N2O. The van der Waals surface area contributed by atoms with Crippen LogP contribution in [0.2, 0.25) is 0 Å². The first-order valence-corrected chi connectivity index (χ1v) is 8.72. The van der Waals surface area contributed by atoms with Crippen LogP contribution in [-0.2, 0) is 30.6 Å². The molecule has 0 radical (unpaired) electrons. The fraction of sp³-hybridized carbons (Fsp3) is 0.286. The first-order valence-electron chi connectivity index (χ1n) is 8.72. The van der Waals surface area contributed by atoms with E-state index in [1.54, 1.807) is 0 Å². The number of H-pyrrole nitrogens is 1. The number of aryl methyl sites for hydroxylation is 2. The normalized spacial score (nSPS) is 13.7. The van der Waals surface area contributed by atoms with Crippen LogP contribution >= 0.6 is 0 Å². The molecule has 3 heteroatoms. The number of carbonyl (C=O) groups is 1. The van der Waals surface area contributed by atoms with Gasteiger partial charge >= 0.3 is 0 Å². The fourth-order valence-corrected chi connectivity index (χ4v) is 3.61. The van der Waals surface area contributed by atoms with Gasteiger partial charge in [0.2, 0.25) is 5.91 Å². The molecule has 0 saturated heterocycles. The minimum Gasteiger partial charge on any atom is -0.358 e. The second-order valence-corrected chi connectivity index (χ2v) is 6.61. The van der Waals surface area contributed by atoms with E-state index in [4.69, 9.17) is 0 Å². The summed E-state index contributed by atoms with van der Waals surface area (Å²) in [4.78, 5) is 15.7. The highest BCUT2D eigenvalue weighted by Crippen LogP contribution is 2.29. The van der Waals surface area contributed by atoms with Crippen molar-refractivity contribution in [3.63, 3.8) is 0 Å². The van der Waals surface area contributed by atoms with Gasteiger partial charge in [0.1, 0.15) is 0 Å². The molecule has 122 valence electrons. The zero-order chi connectivity index (χ0) is 16.4. The molecule has 0 unspecified atom stereocenters. The number of benzene rings is 2. The summed E-state index contributed by atoms with van der Waals surface area (Å²) in [6, 6.07) is 16.3. The summed E-state index contributed by atoms with van der Waals surface area (Å²) in [7, 11) is 0. The molecule has 0 saturated carbocycles. The van der Waals surface area contributed by atoms with Crippen LogP contribution in [0.1, 0.15) is 35.2 Å². The Morgan fingerprint density at radius 2 is 1.83 bits per heavy atom. The Kier molecular flexibility index (Phi) is 4.08. The van der Waals surface area contributed by atoms with Gasteiger partial charge in [-0.1, -0.05) is 36.4 Å². The Morgan fingerprint density at radius 1 is 1.00 bits per heavy atom. The lowest BCUT2D eigenvalue weighted by molar-refractivity contribution is -0.120. The van der Waals surface area contributed by atoms with Gasteiger partial charge in [0.25, 0.3) is 0 Å². The quantitative estimate of drug-likeness (QED) is 0.753. The largest absolute Gasteiger partial charge is 0.358 e. The van der Waals surface area contributed by atoms with Crippen molar-refractivity contribution in [2.24, 2.45) is 0 Å². The SMILES string of the molecule is O=C(Cc1ccccc1)NCc1ccc2[nH]c3c(c2c1)CCCC3. The van der Waals surface area contributed by atoms with Gasteiger partial charge in [-0.15, -0.1) is 0 Å². The maximum absolute atomic E-state index is 12.1. The van der Waals surface area contributed by atoms with Crippen LogP contribution in [0.3, 0.4) is 0 Å². The molecule has 0 bridgehead atoms. The van der Waals surface area contributed by atoms with Crippen LogP contribution in [0.4, 0.5) is 0 Å². The van der Waals surface area contributed by atoms with E-state index in [1.165, 1.54) is 41.4 Å². The van der Waals surface area contributed by atoms with Gasteiger partial charge in [0.05, 0.1) is 6.42 Å². The maximum Gasteiger partial charge on any atom is 0.224 e. The van der Waals surface area contributed by atoms with E-state index in [-0.39, 0.29) is 5.91 Å². The van der Waals surface area contributed by atoms with Crippen molar-refractivity contribution in [1.82, 2.24) is 10.3 Å². The average molecular weight is 318 g/mol. The third kappa shape index (κ3) is 3.07. The van der Waals surface area contributed by atoms with E-state index < -0.39 is 0 Å². The Labute approximate surface area is 142 Å². The van der Waals surface area contributed by atoms with Crippen molar-refractivity contribution in [3.05, 3.63) is 70.9 Å². The summed E-state index contributed by atoms with van der Waals surface area (Å²) < 4.78 is 0. The highest BCUT2D eigenvalue weighted by Gasteiger charge is 2.15. The second-order valence-electron chi connectivity index (χ2n) is 6.61. The number of nitrogens with one attached hydrogen (secondary N) is 2.